The summed E-state index contributed by atoms with van der Waals surface area (Å²) < 4.78 is 0. The smallest absolute Gasteiger partial charge is 0.220 e. The van der Waals surface area contributed by atoms with Crippen LogP contribution in [0.4, 0.5) is 0 Å². The predicted octanol–water partition coefficient (Wildman–Crippen LogP) is 2.98. The molecule has 0 radical (unpaired) electrons. The molecule has 0 aromatic heterocycles. The van der Waals surface area contributed by atoms with Crippen molar-refractivity contribution in [3.8, 4) is 0 Å². The summed E-state index contributed by atoms with van der Waals surface area (Å²) in [5, 5.41) is 2.97. The summed E-state index contributed by atoms with van der Waals surface area (Å²) in [4.78, 5) is 13.9. The highest BCUT2D eigenvalue weighted by atomic mass is 35.5. The van der Waals surface area contributed by atoms with Gasteiger partial charge in [0.15, 0.2) is 0 Å². The number of nitrogens with one attached hydrogen (secondary N) is 1. The van der Waals surface area contributed by atoms with Crippen molar-refractivity contribution in [1.29, 1.82) is 0 Å². The third kappa shape index (κ3) is 11.4. The number of nitrogens with two attached hydrogens (primary N) is 1. The first kappa shape index (κ1) is 24.4. The Kier molecular flexibility index (Phi) is 14.5. The van der Waals surface area contributed by atoms with Gasteiger partial charge in [0.05, 0.1) is 0 Å². The van der Waals surface area contributed by atoms with Gasteiger partial charge in [0, 0.05) is 31.6 Å². The Bertz CT molecular complexity index is 416. The van der Waals surface area contributed by atoms with E-state index in [1.165, 1.54) is 5.56 Å². The number of nitrogens with zero attached hydrogens (tertiary/aromatic N) is 1. The zero-order valence-electron chi connectivity index (χ0n) is 14.3. The largest absolute Gasteiger partial charge is 0.356 e. The Labute approximate surface area is 153 Å². The number of carbonyl (C=O) groups excluding carboxylic acids is 1. The Hall–Kier alpha value is -0.810. The van der Waals surface area contributed by atoms with Crippen LogP contribution in [0.5, 0.6) is 0 Å². The maximum Gasteiger partial charge on any atom is 0.220 e. The van der Waals surface area contributed by atoms with E-state index in [9.17, 15) is 4.79 Å². The molecular formula is C17H31Cl2N3O. The molecule has 0 heterocycles. The first-order chi connectivity index (χ1) is 9.99. The number of carbonyl (C=O) groups is 1. The van der Waals surface area contributed by atoms with Gasteiger partial charge in [0.2, 0.25) is 5.91 Å². The molecule has 1 aromatic carbocycles. The van der Waals surface area contributed by atoms with Crippen molar-refractivity contribution >= 4 is 30.7 Å². The minimum Gasteiger partial charge on any atom is -0.356 e. The third-order valence-electron chi connectivity index (χ3n) is 3.74. The second kappa shape index (κ2) is 13.6. The van der Waals surface area contributed by atoms with Gasteiger partial charge in [-0.1, -0.05) is 30.3 Å². The molecule has 6 heteroatoms. The summed E-state index contributed by atoms with van der Waals surface area (Å²) >= 11 is 0. The van der Waals surface area contributed by atoms with Crippen LogP contribution in [0.25, 0.3) is 0 Å². The third-order valence-corrected chi connectivity index (χ3v) is 3.74. The monoisotopic (exact) mass is 363 g/mol. The molecule has 0 spiro atoms. The standard InChI is InChI=1S/C17H29N3O.2ClH/c1-14(18)9-10-17(21)19-12-11-15(2)20(3)13-16-7-5-4-6-8-16;;/h4-8,14-15H,9-13,18H2,1-3H3,(H,19,21);2*1H. The molecule has 0 aliphatic rings. The molecule has 0 saturated carbocycles. The normalized spacial score (nSPS) is 12.7. The van der Waals surface area contributed by atoms with Crippen molar-refractivity contribution in [1.82, 2.24) is 10.2 Å². The van der Waals surface area contributed by atoms with Crippen molar-refractivity contribution < 1.29 is 4.79 Å². The number of benzene rings is 1. The molecule has 2 unspecified atom stereocenters. The molecule has 1 rings (SSSR count). The molecule has 2 atom stereocenters. The average Bonchev–Trinajstić information content (AvgIpc) is 2.46. The van der Waals surface area contributed by atoms with Gasteiger partial charge in [0.1, 0.15) is 0 Å². The summed E-state index contributed by atoms with van der Waals surface area (Å²) in [6, 6.07) is 11.0. The van der Waals surface area contributed by atoms with E-state index < -0.39 is 0 Å². The first-order valence-corrected chi connectivity index (χ1v) is 7.75. The Morgan fingerprint density at radius 1 is 1.17 bits per heavy atom. The molecule has 1 amide bonds. The molecular weight excluding hydrogens is 333 g/mol. The summed E-state index contributed by atoms with van der Waals surface area (Å²) in [6.45, 7) is 5.77. The van der Waals surface area contributed by atoms with Gasteiger partial charge in [-0.05, 0) is 39.3 Å². The molecule has 0 aliphatic carbocycles. The molecule has 0 aliphatic heterocycles. The second-order valence-electron chi connectivity index (χ2n) is 5.90. The summed E-state index contributed by atoms with van der Waals surface area (Å²) in [5.41, 5.74) is 6.96. The maximum absolute atomic E-state index is 11.6. The highest BCUT2D eigenvalue weighted by molar-refractivity contribution is 5.85. The van der Waals surface area contributed by atoms with Crippen LogP contribution in [-0.2, 0) is 11.3 Å². The molecule has 0 bridgehead atoms. The molecule has 4 nitrogen and oxygen atoms in total. The van der Waals surface area contributed by atoms with Crippen LogP contribution in [0.15, 0.2) is 30.3 Å². The highest BCUT2D eigenvalue weighted by Gasteiger charge is 2.10. The van der Waals surface area contributed by atoms with Crippen LogP contribution in [0, 0.1) is 0 Å². The van der Waals surface area contributed by atoms with E-state index in [1.807, 2.05) is 13.0 Å². The topological polar surface area (TPSA) is 58.4 Å². The maximum atomic E-state index is 11.6. The van der Waals surface area contributed by atoms with Crippen LogP contribution in [0.1, 0.15) is 38.7 Å². The molecule has 0 fully saturated rings. The zero-order valence-corrected chi connectivity index (χ0v) is 16.0. The van der Waals surface area contributed by atoms with E-state index in [0.29, 0.717) is 12.5 Å². The van der Waals surface area contributed by atoms with Gasteiger partial charge in [0.25, 0.3) is 0 Å². The number of hydrogen-bond donors (Lipinski definition) is 2. The first-order valence-electron chi connectivity index (χ1n) is 7.75. The van der Waals surface area contributed by atoms with Gasteiger partial charge in [-0.2, -0.15) is 0 Å². The van der Waals surface area contributed by atoms with Gasteiger partial charge < -0.3 is 11.1 Å². The number of amides is 1. The Balaban J connectivity index is 0. The molecule has 134 valence electrons. The van der Waals surface area contributed by atoms with Crippen molar-refractivity contribution in [2.75, 3.05) is 13.6 Å². The number of hydrogen-bond acceptors (Lipinski definition) is 3. The lowest BCUT2D eigenvalue weighted by Gasteiger charge is -2.25. The van der Waals surface area contributed by atoms with E-state index in [4.69, 9.17) is 5.73 Å². The van der Waals surface area contributed by atoms with Crippen LogP contribution >= 0.6 is 24.8 Å². The lowest BCUT2D eigenvalue weighted by atomic mass is 10.1. The molecule has 23 heavy (non-hydrogen) atoms. The molecule has 1 aromatic rings. The summed E-state index contributed by atoms with van der Waals surface area (Å²) in [5.74, 6) is 0.102. The lowest BCUT2D eigenvalue weighted by Crippen LogP contribution is -2.34. The van der Waals surface area contributed by atoms with Crippen LogP contribution < -0.4 is 11.1 Å². The van der Waals surface area contributed by atoms with Crippen LogP contribution in [-0.4, -0.2) is 36.5 Å². The number of rotatable bonds is 9. The molecule has 3 N–H and O–H groups in total. The van der Waals surface area contributed by atoms with Crippen molar-refractivity contribution in [2.24, 2.45) is 5.73 Å². The summed E-state index contributed by atoms with van der Waals surface area (Å²) in [7, 11) is 2.12. The fraction of sp³-hybridized carbons (Fsp3) is 0.588. The minimum atomic E-state index is 0. The number of halogens is 2. The fourth-order valence-electron chi connectivity index (χ4n) is 2.12. The Morgan fingerprint density at radius 2 is 1.78 bits per heavy atom. The Morgan fingerprint density at radius 3 is 2.35 bits per heavy atom. The van der Waals surface area contributed by atoms with Crippen molar-refractivity contribution in [2.45, 2.75) is 51.7 Å². The van der Waals surface area contributed by atoms with Crippen LogP contribution in [0.2, 0.25) is 0 Å². The predicted molar refractivity (Wildman–Crippen MR) is 102 cm³/mol. The van der Waals surface area contributed by atoms with Crippen molar-refractivity contribution in [3.05, 3.63) is 35.9 Å². The summed E-state index contributed by atoms with van der Waals surface area (Å²) in [6.07, 6.45) is 2.22. The average molecular weight is 364 g/mol. The van der Waals surface area contributed by atoms with E-state index in [1.54, 1.807) is 0 Å². The fourth-order valence-corrected chi connectivity index (χ4v) is 2.12. The van der Waals surface area contributed by atoms with E-state index in [2.05, 4.69) is 48.5 Å². The quantitative estimate of drug-likeness (QED) is 0.708. The van der Waals surface area contributed by atoms with Gasteiger partial charge in [-0.25, -0.2) is 0 Å². The van der Waals surface area contributed by atoms with E-state index in [0.717, 1.165) is 25.9 Å². The highest BCUT2D eigenvalue weighted by Crippen LogP contribution is 2.07. The van der Waals surface area contributed by atoms with Crippen molar-refractivity contribution in [3.63, 3.8) is 0 Å². The minimum absolute atomic E-state index is 0. The van der Waals surface area contributed by atoms with Gasteiger partial charge in [-0.15, -0.1) is 24.8 Å². The lowest BCUT2D eigenvalue weighted by molar-refractivity contribution is -0.121. The zero-order chi connectivity index (χ0) is 15.7. The second-order valence-corrected chi connectivity index (χ2v) is 5.90. The van der Waals surface area contributed by atoms with E-state index >= 15 is 0 Å². The van der Waals surface area contributed by atoms with E-state index in [-0.39, 0.29) is 36.8 Å². The van der Waals surface area contributed by atoms with Crippen LogP contribution in [0.3, 0.4) is 0 Å². The molecule has 0 saturated heterocycles. The SMILES string of the molecule is CC(N)CCC(=O)NCCC(C)N(C)Cc1ccccc1.Cl.Cl. The van der Waals surface area contributed by atoms with Gasteiger partial charge >= 0.3 is 0 Å². The van der Waals surface area contributed by atoms with Gasteiger partial charge in [-0.3, -0.25) is 9.69 Å².